The molecule has 22 heavy (non-hydrogen) atoms. The third-order valence-electron chi connectivity index (χ3n) is 2.60. The molecule has 2 nitrogen and oxygen atoms in total. The molecule has 0 aliphatic carbocycles. The lowest BCUT2D eigenvalue weighted by Gasteiger charge is -2.26. The molecule has 9 heteroatoms. The molecule has 0 saturated heterocycles. The van der Waals surface area contributed by atoms with Crippen molar-refractivity contribution in [2.24, 2.45) is 0 Å². The van der Waals surface area contributed by atoms with E-state index in [9.17, 15) is 35.5 Å². The van der Waals surface area contributed by atoms with Crippen LogP contribution in [0.5, 0.6) is 0 Å². The quantitative estimate of drug-likeness (QED) is 0.644. The van der Waals surface area contributed by atoms with Gasteiger partial charge in [-0.15, -0.1) is 0 Å². The number of anilines is 1. The fourth-order valence-corrected chi connectivity index (χ4v) is 1.30. The Morgan fingerprint density at radius 1 is 1.00 bits per heavy atom. The Hall–Kier alpha value is -2.06. The lowest BCUT2D eigenvalue weighted by atomic mass is 10.1. The zero-order chi connectivity index (χ0) is 17.2. The van der Waals surface area contributed by atoms with E-state index in [4.69, 9.17) is 0 Å². The zero-order valence-electron chi connectivity index (χ0n) is 11.0. The van der Waals surface area contributed by atoms with Crippen LogP contribution in [0.3, 0.4) is 0 Å². The van der Waals surface area contributed by atoms with E-state index in [-0.39, 0.29) is 6.08 Å². The molecule has 122 valence electrons. The van der Waals surface area contributed by atoms with Crippen molar-refractivity contribution in [2.45, 2.75) is 24.9 Å². The Labute approximate surface area is 120 Å². The standard InChI is InChI=1S/C13H10F7NO/c1-8-2-4-9(5-3-8)21-7-6-10(22)11(14,15)12(16,17)13(18,19)20/h2-7,21H,1H3/b7-6-. The SMILES string of the molecule is Cc1ccc(N/C=C\C(=O)C(F)(F)C(F)(F)C(F)(F)F)cc1. The molecule has 0 unspecified atom stereocenters. The van der Waals surface area contributed by atoms with E-state index >= 15 is 0 Å². The highest BCUT2D eigenvalue weighted by atomic mass is 19.4. The number of benzene rings is 1. The summed E-state index contributed by atoms with van der Waals surface area (Å²) in [6, 6.07) is 6.24. The van der Waals surface area contributed by atoms with Crippen LogP contribution >= 0.6 is 0 Å². The van der Waals surface area contributed by atoms with Crippen molar-refractivity contribution < 1.29 is 35.5 Å². The van der Waals surface area contributed by atoms with Crippen molar-refractivity contribution >= 4 is 11.5 Å². The second-order valence-electron chi connectivity index (χ2n) is 4.35. The number of aryl methyl sites for hydroxylation is 1. The van der Waals surface area contributed by atoms with Gasteiger partial charge in [0.1, 0.15) is 0 Å². The minimum atomic E-state index is -6.54. The molecular formula is C13H10F7NO. The summed E-state index contributed by atoms with van der Waals surface area (Å²) in [6.45, 7) is 1.77. The highest BCUT2D eigenvalue weighted by Crippen LogP contribution is 2.46. The van der Waals surface area contributed by atoms with Gasteiger partial charge in [0.25, 0.3) is 0 Å². The van der Waals surface area contributed by atoms with Gasteiger partial charge in [0.2, 0.25) is 5.78 Å². The third-order valence-corrected chi connectivity index (χ3v) is 2.60. The first-order chi connectivity index (χ1) is 9.89. The van der Waals surface area contributed by atoms with Crippen LogP contribution in [-0.4, -0.2) is 23.8 Å². The molecule has 0 atom stereocenters. The van der Waals surface area contributed by atoms with Crippen molar-refractivity contribution in [3.05, 3.63) is 42.1 Å². The van der Waals surface area contributed by atoms with Crippen LogP contribution in [-0.2, 0) is 4.79 Å². The Balaban J connectivity index is 2.83. The summed E-state index contributed by atoms with van der Waals surface area (Å²) in [6.07, 6.45) is -6.04. The number of halogens is 7. The predicted octanol–water partition coefficient (Wildman–Crippen LogP) is 4.32. The number of allylic oxidation sites excluding steroid dienone is 1. The summed E-state index contributed by atoms with van der Waals surface area (Å²) < 4.78 is 86.8. The smallest absolute Gasteiger partial charge is 0.362 e. The monoisotopic (exact) mass is 329 g/mol. The summed E-state index contributed by atoms with van der Waals surface area (Å²) >= 11 is 0. The van der Waals surface area contributed by atoms with Gasteiger partial charge in [-0.25, -0.2) is 0 Å². The van der Waals surface area contributed by atoms with E-state index in [1.807, 2.05) is 0 Å². The van der Waals surface area contributed by atoms with Gasteiger partial charge in [-0.3, -0.25) is 4.79 Å². The minimum Gasteiger partial charge on any atom is -0.362 e. The fourth-order valence-electron chi connectivity index (χ4n) is 1.30. The molecule has 1 N–H and O–H groups in total. The lowest BCUT2D eigenvalue weighted by molar-refractivity contribution is -0.342. The Morgan fingerprint density at radius 3 is 1.95 bits per heavy atom. The van der Waals surface area contributed by atoms with E-state index in [0.29, 0.717) is 11.9 Å². The van der Waals surface area contributed by atoms with Gasteiger partial charge in [-0.2, -0.15) is 30.7 Å². The normalized spacial score (nSPS) is 13.5. The topological polar surface area (TPSA) is 29.1 Å². The first kappa shape index (κ1) is 18.0. The predicted molar refractivity (Wildman–Crippen MR) is 64.9 cm³/mol. The number of nitrogens with one attached hydrogen (secondary N) is 1. The van der Waals surface area contributed by atoms with E-state index in [0.717, 1.165) is 5.56 Å². The summed E-state index contributed by atoms with van der Waals surface area (Å²) in [5, 5.41) is 2.30. The van der Waals surface area contributed by atoms with Gasteiger partial charge >= 0.3 is 18.0 Å². The molecule has 0 saturated carbocycles. The van der Waals surface area contributed by atoms with Crippen LogP contribution in [0.1, 0.15) is 5.56 Å². The minimum absolute atomic E-state index is 0.0699. The van der Waals surface area contributed by atoms with Crippen LogP contribution < -0.4 is 5.32 Å². The summed E-state index contributed by atoms with van der Waals surface area (Å²) in [7, 11) is 0. The molecule has 0 aliphatic heterocycles. The molecule has 0 spiro atoms. The van der Waals surface area contributed by atoms with Crippen LogP contribution in [0, 0.1) is 6.92 Å². The average Bonchev–Trinajstić information content (AvgIpc) is 2.39. The maximum Gasteiger partial charge on any atom is 0.460 e. The van der Waals surface area contributed by atoms with Crippen molar-refractivity contribution in [3.8, 4) is 0 Å². The molecule has 0 fully saturated rings. The molecule has 0 radical (unpaired) electrons. The number of carbonyl (C=O) groups excluding carboxylic acids is 1. The average molecular weight is 329 g/mol. The van der Waals surface area contributed by atoms with Crippen LogP contribution in [0.25, 0.3) is 0 Å². The summed E-state index contributed by atoms with van der Waals surface area (Å²) in [4.78, 5) is 10.9. The highest BCUT2D eigenvalue weighted by Gasteiger charge is 2.75. The fraction of sp³-hybridized carbons (Fsp3) is 0.308. The molecule has 0 aliphatic rings. The number of rotatable bonds is 5. The Morgan fingerprint density at radius 2 is 1.50 bits per heavy atom. The molecule has 0 aromatic heterocycles. The molecule has 1 aromatic rings. The number of hydrogen-bond acceptors (Lipinski definition) is 2. The molecule has 0 amide bonds. The van der Waals surface area contributed by atoms with Crippen molar-refractivity contribution in [3.63, 3.8) is 0 Å². The van der Waals surface area contributed by atoms with Gasteiger partial charge in [0.15, 0.2) is 0 Å². The highest BCUT2D eigenvalue weighted by molar-refractivity contribution is 5.96. The van der Waals surface area contributed by atoms with Crippen LogP contribution in [0.2, 0.25) is 0 Å². The van der Waals surface area contributed by atoms with Crippen LogP contribution in [0.4, 0.5) is 36.4 Å². The Bertz CT molecular complexity index is 561. The van der Waals surface area contributed by atoms with Crippen molar-refractivity contribution in [1.29, 1.82) is 0 Å². The van der Waals surface area contributed by atoms with Crippen molar-refractivity contribution in [1.82, 2.24) is 0 Å². The van der Waals surface area contributed by atoms with Crippen molar-refractivity contribution in [2.75, 3.05) is 5.32 Å². The maximum absolute atomic E-state index is 13.0. The molecule has 0 heterocycles. The second kappa shape index (κ2) is 5.98. The van der Waals surface area contributed by atoms with E-state index in [1.165, 1.54) is 12.1 Å². The van der Waals surface area contributed by atoms with E-state index in [2.05, 4.69) is 5.32 Å². The van der Waals surface area contributed by atoms with Gasteiger partial charge in [-0.05, 0) is 19.1 Å². The Kier molecular flexibility index (Phi) is 4.89. The van der Waals surface area contributed by atoms with Gasteiger partial charge < -0.3 is 5.32 Å². The molecular weight excluding hydrogens is 319 g/mol. The first-order valence-corrected chi connectivity index (χ1v) is 5.76. The number of carbonyl (C=O) groups is 1. The van der Waals surface area contributed by atoms with Gasteiger partial charge in [0, 0.05) is 18.0 Å². The van der Waals surface area contributed by atoms with Crippen LogP contribution in [0.15, 0.2) is 36.5 Å². The summed E-state index contributed by atoms with van der Waals surface area (Å²) in [5.41, 5.74) is 1.21. The number of ketones is 1. The lowest BCUT2D eigenvalue weighted by Crippen LogP contribution is -2.55. The summed E-state index contributed by atoms with van der Waals surface area (Å²) in [5.74, 6) is -15.0. The molecule has 0 bridgehead atoms. The number of alkyl halides is 7. The van der Waals surface area contributed by atoms with E-state index in [1.54, 1.807) is 19.1 Å². The van der Waals surface area contributed by atoms with Gasteiger partial charge in [0.05, 0.1) is 0 Å². The second-order valence-corrected chi connectivity index (χ2v) is 4.35. The maximum atomic E-state index is 13.0. The first-order valence-electron chi connectivity index (χ1n) is 5.76. The largest absolute Gasteiger partial charge is 0.460 e. The third kappa shape index (κ3) is 3.58. The van der Waals surface area contributed by atoms with E-state index < -0.39 is 23.8 Å². The van der Waals surface area contributed by atoms with Gasteiger partial charge in [-0.1, -0.05) is 17.7 Å². The molecule has 1 rings (SSSR count). The molecule has 1 aromatic carbocycles. The zero-order valence-corrected chi connectivity index (χ0v) is 11.0. The number of hydrogen-bond donors (Lipinski definition) is 1.